The Morgan fingerprint density at radius 1 is 1.25 bits per heavy atom. The zero-order valence-corrected chi connectivity index (χ0v) is 7.73. The fourth-order valence-electron chi connectivity index (χ4n) is 0.871. The minimum atomic E-state index is -0.0785. The number of rotatable bonds is 6. The van der Waals surface area contributed by atoms with Crippen molar-refractivity contribution >= 4 is 6.03 Å². The lowest BCUT2D eigenvalue weighted by molar-refractivity contribution is 0.241. The average Bonchev–Trinajstić information content (AvgIpc) is 2.05. The molecule has 0 unspecified atom stereocenters. The summed E-state index contributed by atoms with van der Waals surface area (Å²) < 4.78 is 0. The fourth-order valence-corrected chi connectivity index (χ4v) is 0.871. The normalized spacial score (nSPS) is 9.50. The third-order valence-corrected chi connectivity index (χ3v) is 1.50. The molecule has 0 fully saturated rings. The number of hydrogen-bond donors (Lipinski definition) is 3. The number of nitrogens with one attached hydrogen (secondary N) is 2. The van der Waals surface area contributed by atoms with Crippen molar-refractivity contribution in [3.05, 3.63) is 0 Å². The van der Waals surface area contributed by atoms with Gasteiger partial charge >= 0.3 is 6.03 Å². The minimum Gasteiger partial charge on any atom is -0.338 e. The van der Waals surface area contributed by atoms with Crippen LogP contribution in [0.25, 0.3) is 0 Å². The van der Waals surface area contributed by atoms with Crippen LogP contribution in [0.3, 0.4) is 0 Å². The van der Waals surface area contributed by atoms with Crippen molar-refractivity contribution < 1.29 is 4.79 Å². The van der Waals surface area contributed by atoms with Gasteiger partial charge in [0.1, 0.15) is 0 Å². The highest BCUT2D eigenvalue weighted by Gasteiger charge is 1.94. The molecule has 0 saturated heterocycles. The van der Waals surface area contributed by atoms with Gasteiger partial charge in [0.15, 0.2) is 0 Å². The van der Waals surface area contributed by atoms with E-state index >= 15 is 0 Å². The molecule has 0 aliphatic rings. The van der Waals surface area contributed by atoms with Gasteiger partial charge in [-0.3, -0.25) is 0 Å². The molecule has 12 heavy (non-hydrogen) atoms. The number of nitrogens with two attached hydrogens (primary N) is 1. The van der Waals surface area contributed by atoms with Crippen LogP contribution >= 0.6 is 0 Å². The molecule has 0 aromatic heterocycles. The summed E-state index contributed by atoms with van der Waals surface area (Å²) in [6.45, 7) is 4.05. The molecule has 0 bridgehead atoms. The van der Waals surface area contributed by atoms with Crippen LogP contribution in [-0.4, -0.2) is 25.7 Å². The quantitative estimate of drug-likeness (QED) is 0.510. The maximum atomic E-state index is 10.8. The van der Waals surface area contributed by atoms with Gasteiger partial charge in [-0.2, -0.15) is 0 Å². The summed E-state index contributed by atoms with van der Waals surface area (Å²) in [6.07, 6.45) is 3.13. The predicted molar refractivity (Wildman–Crippen MR) is 50.0 cm³/mol. The summed E-state index contributed by atoms with van der Waals surface area (Å²) in [5, 5.41) is 5.41. The summed E-state index contributed by atoms with van der Waals surface area (Å²) in [5.41, 5.74) is 5.32. The molecule has 2 amide bonds. The number of urea groups is 1. The van der Waals surface area contributed by atoms with Gasteiger partial charge < -0.3 is 16.4 Å². The van der Waals surface area contributed by atoms with E-state index in [-0.39, 0.29) is 6.03 Å². The molecule has 0 spiro atoms. The van der Waals surface area contributed by atoms with Gasteiger partial charge in [0.2, 0.25) is 0 Å². The average molecular weight is 173 g/mol. The zero-order valence-electron chi connectivity index (χ0n) is 7.73. The van der Waals surface area contributed by atoms with E-state index in [9.17, 15) is 4.79 Å². The van der Waals surface area contributed by atoms with E-state index in [0.717, 1.165) is 32.4 Å². The largest absolute Gasteiger partial charge is 0.338 e. The summed E-state index contributed by atoms with van der Waals surface area (Å²) in [7, 11) is 0. The van der Waals surface area contributed by atoms with E-state index in [0.29, 0.717) is 6.54 Å². The lowest BCUT2D eigenvalue weighted by Gasteiger charge is -2.04. The molecule has 72 valence electrons. The number of amides is 2. The van der Waals surface area contributed by atoms with Crippen LogP contribution in [0.1, 0.15) is 26.2 Å². The summed E-state index contributed by atoms with van der Waals surface area (Å²) in [5.74, 6) is 0. The molecule has 4 nitrogen and oxygen atoms in total. The van der Waals surface area contributed by atoms with Crippen LogP contribution in [0.4, 0.5) is 4.79 Å². The van der Waals surface area contributed by atoms with Crippen molar-refractivity contribution in [2.24, 2.45) is 5.73 Å². The molecule has 0 radical (unpaired) electrons. The molecule has 0 aromatic rings. The first-order chi connectivity index (χ1) is 5.81. The monoisotopic (exact) mass is 173 g/mol. The number of carbonyl (C=O) groups is 1. The SMILES string of the molecule is CCNC(=O)NCCCCCN. The second-order valence-corrected chi connectivity index (χ2v) is 2.64. The van der Waals surface area contributed by atoms with E-state index in [1.165, 1.54) is 0 Å². The first kappa shape index (κ1) is 11.2. The molecular formula is C8H19N3O. The maximum Gasteiger partial charge on any atom is 0.314 e. The minimum absolute atomic E-state index is 0.0785. The first-order valence-electron chi connectivity index (χ1n) is 4.53. The van der Waals surface area contributed by atoms with Crippen molar-refractivity contribution in [2.45, 2.75) is 26.2 Å². The Bertz CT molecular complexity index is 117. The number of carbonyl (C=O) groups excluding carboxylic acids is 1. The van der Waals surface area contributed by atoms with Crippen LogP contribution in [-0.2, 0) is 0 Å². The van der Waals surface area contributed by atoms with Crippen molar-refractivity contribution in [3.8, 4) is 0 Å². The Morgan fingerprint density at radius 2 is 2.00 bits per heavy atom. The van der Waals surface area contributed by atoms with E-state index in [4.69, 9.17) is 5.73 Å². The molecule has 4 heteroatoms. The van der Waals surface area contributed by atoms with Crippen LogP contribution in [0.15, 0.2) is 0 Å². The Kier molecular flexibility index (Phi) is 7.79. The Balaban J connectivity index is 3.03. The number of hydrogen-bond acceptors (Lipinski definition) is 2. The van der Waals surface area contributed by atoms with Gasteiger partial charge in [0, 0.05) is 13.1 Å². The third-order valence-electron chi connectivity index (χ3n) is 1.50. The second kappa shape index (κ2) is 8.33. The molecule has 0 aromatic carbocycles. The first-order valence-corrected chi connectivity index (χ1v) is 4.53. The molecule has 0 aliphatic carbocycles. The smallest absolute Gasteiger partial charge is 0.314 e. The highest BCUT2D eigenvalue weighted by atomic mass is 16.2. The highest BCUT2D eigenvalue weighted by molar-refractivity contribution is 5.73. The van der Waals surface area contributed by atoms with Crippen molar-refractivity contribution in [1.82, 2.24) is 10.6 Å². The van der Waals surface area contributed by atoms with Crippen molar-refractivity contribution in [2.75, 3.05) is 19.6 Å². The van der Waals surface area contributed by atoms with Gasteiger partial charge in [0.05, 0.1) is 0 Å². The molecule has 0 saturated carbocycles. The second-order valence-electron chi connectivity index (χ2n) is 2.64. The lowest BCUT2D eigenvalue weighted by Crippen LogP contribution is -2.35. The molecule has 4 N–H and O–H groups in total. The van der Waals surface area contributed by atoms with E-state index < -0.39 is 0 Å². The van der Waals surface area contributed by atoms with Crippen LogP contribution < -0.4 is 16.4 Å². The van der Waals surface area contributed by atoms with Gasteiger partial charge in [-0.25, -0.2) is 4.79 Å². The molecule has 0 rings (SSSR count). The van der Waals surface area contributed by atoms with Crippen LogP contribution in [0.2, 0.25) is 0 Å². The van der Waals surface area contributed by atoms with Crippen molar-refractivity contribution in [3.63, 3.8) is 0 Å². The lowest BCUT2D eigenvalue weighted by atomic mass is 10.2. The summed E-state index contributed by atoms with van der Waals surface area (Å²) in [6, 6.07) is -0.0785. The standard InChI is InChI=1S/C8H19N3O/c1-2-10-8(12)11-7-5-3-4-6-9/h2-7,9H2,1H3,(H2,10,11,12). The Morgan fingerprint density at radius 3 is 2.58 bits per heavy atom. The van der Waals surface area contributed by atoms with Crippen LogP contribution in [0, 0.1) is 0 Å². The predicted octanol–water partition coefficient (Wildman–Crippen LogP) is 0.435. The molecule has 0 atom stereocenters. The zero-order chi connectivity index (χ0) is 9.23. The topological polar surface area (TPSA) is 67.2 Å². The summed E-state index contributed by atoms with van der Waals surface area (Å²) in [4.78, 5) is 10.8. The van der Waals surface area contributed by atoms with E-state index in [1.54, 1.807) is 0 Å². The van der Waals surface area contributed by atoms with E-state index in [1.807, 2.05) is 6.92 Å². The number of unbranched alkanes of at least 4 members (excludes halogenated alkanes) is 2. The van der Waals surface area contributed by atoms with Gasteiger partial charge in [0.25, 0.3) is 0 Å². The van der Waals surface area contributed by atoms with Gasteiger partial charge in [-0.05, 0) is 26.3 Å². The van der Waals surface area contributed by atoms with Gasteiger partial charge in [-0.1, -0.05) is 6.42 Å². The van der Waals surface area contributed by atoms with Crippen molar-refractivity contribution in [1.29, 1.82) is 0 Å². The maximum absolute atomic E-state index is 10.8. The molecule has 0 aliphatic heterocycles. The Hall–Kier alpha value is -0.770. The highest BCUT2D eigenvalue weighted by Crippen LogP contribution is 1.90. The van der Waals surface area contributed by atoms with Gasteiger partial charge in [-0.15, -0.1) is 0 Å². The van der Waals surface area contributed by atoms with E-state index in [2.05, 4.69) is 10.6 Å². The molecule has 0 heterocycles. The summed E-state index contributed by atoms with van der Waals surface area (Å²) >= 11 is 0. The Labute approximate surface area is 73.9 Å². The third kappa shape index (κ3) is 7.34. The fraction of sp³-hybridized carbons (Fsp3) is 0.875. The van der Waals surface area contributed by atoms with Crippen LogP contribution in [0.5, 0.6) is 0 Å². The molecular weight excluding hydrogens is 154 g/mol.